The summed E-state index contributed by atoms with van der Waals surface area (Å²) >= 11 is 3.35. The fourth-order valence-corrected chi connectivity index (χ4v) is 1.62. The first-order chi connectivity index (χ1) is 8.19. The minimum atomic E-state index is 0.276. The van der Waals surface area contributed by atoms with Crippen molar-refractivity contribution >= 4 is 15.9 Å². The van der Waals surface area contributed by atoms with Crippen molar-refractivity contribution in [2.45, 2.75) is 6.92 Å². The highest BCUT2D eigenvalue weighted by Gasteiger charge is 2.07. The smallest absolute Gasteiger partial charge is 0.240 e. The first-order valence-corrected chi connectivity index (χ1v) is 5.65. The molecule has 0 fully saturated rings. The topological polar surface area (TPSA) is 58.8 Å². The molecule has 0 aliphatic carbocycles. The van der Waals surface area contributed by atoms with Gasteiger partial charge in [0.05, 0.1) is 6.20 Å². The molecule has 1 aromatic carbocycles. The molecule has 1 aromatic heterocycles. The van der Waals surface area contributed by atoms with E-state index in [0.717, 1.165) is 4.47 Å². The van der Waals surface area contributed by atoms with E-state index < -0.39 is 0 Å². The molecule has 17 heavy (non-hydrogen) atoms. The molecular formula is C12H8BrN3O. The standard InChI is InChI=1S/C12H8BrN3O/c1-8-15-7-9(6-14)12(16-8)17-11-4-2-3-10(13)5-11/h2-5,7H,1H3. The molecule has 4 nitrogen and oxygen atoms in total. The van der Waals surface area contributed by atoms with Gasteiger partial charge in [0, 0.05) is 4.47 Å². The number of aryl methyl sites for hydroxylation is 1. The zero-order valence-corrected chi connectivity index (χ0v) is 10.6. The lowest BCUT2D eigenvalue weighted by molar-refractivity contribution is 0.457. The summed E-state index contributed by atoms with van der Waals surface area (Å²) in [4.78, 5) is 8.04. The van der Waals surface area contributed by atoms with Gasteiger partial charge in [0.2, 0.25) is 5.88 Å². The van der Waals surface area contributed by atoms with E-state index in [9.17, 15) is 0 Å². The van der Waals surface area contributed by atoms with Crippen molar-refractivity contribution < 1.29 is 4.74 Å². The molecule has 0 aliphatic heterocycles. The lowest BCUT2D eigenvalue weighted by Gasteiger charge is -2.06. The molecule has 0 radical (unpaired) electrons. The number of ether oxygens (including phenoxy) is 1. The minimum absolute atomic E-state index is 0.276. The van der Waals surface area contributed by atoms with Gasteiger partial charge in [-0.1, -0.05) is 22.0 Å². The summed E-state index contributed by atoms with van der Waals surface area (Å²) in [7, 11) is 0. The zero-order valence-electron chi connectivity index (χ0n) is 9.01. The number of aromatic nitrogens is 2. The molecule has 2 aromatic rings. The number of benzene rings is 1. The van der Waals surface area contributed by atoms with Crippen LogP contribution < -0.4 is 4.74 Å². The van der Waals surface area contributed by atoms with Gasteiger partial charge in [0.25, 0.3) is 0 Å². The van der Waals surface area contributed by atoms with E-state index in [-0.39, 0.29) is 5.88 Å². The van der Waals surface area contributed by atoms with Crippen molar-refractivity contribution in [2.75, 3.05) is 0 Å². The van der Waals surface area contributed by atoms with Crippen molar-refractivity contribution in [3.63, 3.8) is 0 Å². The van der Waals surface area contributed by atoms with Gasteiger partial charge < -0.3 is 4.74 Å². The highest BCUT2D eigenvalue weighted by atomic mass is 79.9. The molecule has 0 amide bonds. The number of halogens is 1. The van der Waals surface area contributed by atoms with E-state index in [1.54, 1.807) is 19.1 Å². The Hall–Kier alpha value is -1.93. The maximum absolute atomic E-state index is 8.92. The van der Waals surface area contributed by atoms with Crippen LogP contribution in [0.25, 0.3) is 0 Å². The molecule has 5 heteroatoms. The highest BCUT2D eigenvalue weighted by molar-refractivity contribution is 9.10. The van der Waals surface area contributed by atoms with Crippen LogP contribution in [0.2, 0.25) is 0 Å². The number of hydrogen-bond donors (Lipinski definition) is 0. The number of nitrogens with zero attached hydrogens (tertiary/aromatic N) is 3. The Morgan fingerprint density at radius 3 is 2.94 bits per heavy atom. The van der Waals surface area contributed by atoms with E-state index >= 15 is 0 Å². The van der Waals surface area contributed by atoms with E-state index in [4.69, 9.17) is 10.00 Å². The van der Waals surface area contributed by atoms with Crippen LogP contribution in [0, 0.1) is 18.3 Å². The third kappa shape index (κ3) is 2.80. The second-order valence-corrected chi connectivity index (χ2v) is 4.22. The van der Waals surface area contributed by atoms with Crippen molar-refractivity contribution in [1.29, 1.82) is 5.26 Å². The Bertz CT molecular complexity index is 593. The summed E-state index contributed by atoms with van der Waals surface area (Å²) in [5, 5.41) is 8.92. The minimum Gasteiger partial charge on any atom is -0.438 e. The number of rotatable bonds is 2. The van der Waals surface area contributed by atoms with Crippen molar-refractivity contribution in [1.82, 2.24) is 9.97 Å². The third-order valence-corrected chi connectivity index (χ3v) is 2.50. The molecule has 0 N–H and O–H groups in total. The monoisotopic (exact) mass is 289 g/mol. The Morgan fingerprint density at radius 2 is 2.24 bits per heavy atom. The molecule has 1 heterocycles. The van der Waals surface area contributed by atoms with Gasteiger partial charge in [0.1, 0.15) is 23.2 Å². The Labute approximate surface area is 107 Å². The largest absolute Gasteiger partial charge is 0.438 e. The normalized spacial score (nSPS) is 9.71. The van der Waals surface area contributed by atoms with E-state index in [1.807, 2.05) is 18.2 Å². The number of hydrogen-bond acceptors (Lipinski definition) is 4. The van der Waals surface area contributed by atoms with Crippen LogP contribution in [-0.2, 0) is 0 Å². The van der Waals surface area contributed by atoms with Crippen molar-refractivity contribution in [2.24, 2.45) is 0 Å². The Morgan fingerprint density at radius 1 is 1.41 bits per heavy atom. The predicted octanol–water partition coefficient (Wildman–Crippen LogP) is 3.21. The molecule has 84 valence electrons. The lowest BCUT2D eigenvalue weighted by atomic mass is 10.3. The van der Waals surface area contributed by atoms with Crippen LogP contribution >= 0.6 is 15.9 Å². The van der Waals surface area contributed by atoms with Crippen LogP contribution in [0.5, 0.6) is 11.6 Å². The second kappa shape index (κ2) is 4.93. The van der Waals surface area contributed by atoms with E-state index in [0.29, 0.717) is 17.1 Å². The van der Waals surface area contributed by atoms with E-state index in [2.05, 4.69) is 25.9 Å². The van der Waals surface area contributed by atoms with Gasteiger partial charge in [-0.25, -0.2) is 4.98 Å². The van der Waals surface area contributed by atoms with Gasteiger partial charge in [-0.2, -0.15) is 10.2 Å². The zero-order chi connectivity index (χ0) is 12.3. The highest BCUT2D eigenvalue weighted by Crippen LogP contribution is 2.24. The molecule has 0 unspecified atom stereocenters. The molecule has 0 saturated carbocycles. The lowest BCUT2D eigenvalue weighted by Crippen LogP contribution is -1.96. The van der Waals surface area contributed by atoms with E-state index in [1.165, 1.54) is 6.20 Å². The Balaban J connectivity index is 2.36. The molecule has 0 saturated heterocycles. The third-order valence-electron chi connectivity index (χ3n) is 2.01. The first kappa shape index (κ1) is 11.6. The molecule has 0 bridgehead atoms. The molecule has 0 spiro atoms. The fraction of sp³-hybridized carbons (Fsp3) is 0.0833. The molecule has 2 rings (SSSR count). The molecular weight excluding hydrogens is 282 g/mol. The summed E-state index contributed by atoms with van der Waals surface area (Å²) in [5.74, 6) is 1.46. The van der Waals surface area contributed by atoms with Crippen molar-refractivity contribution in [3.8, 4) is 17.7 Å². The van der Waals surface area contributed by atoms with Crippen LogP contribution in [-0.4, -0.2) is 9.97 Å². The number of nitriles is 1. The van der Waals surface area contributed by atoms with Gasteiger partial charge in [-0.3, -0.25) is 0 Å². The fourth-order valence-electron chi connectivity index (χ4n) is 1.25. The molecule has 0 aliphatic rings. The van der Waals surface area contributed by atoms with Crippen LogP contribution in [0.3, 0.4) is 0 Å². The summed E-state index contributed by atoms with van der Waals surface area (Å²) in [6, 6.07) is 9.33. The van der Waals surface area contributed by atoms with Crippen LogP contribution in [0.4, 0.5) is 0 Å². The average Bonchev–Trinajstić information content (AvgIpc) is 2.29. The summed E-state index contributed by atoms with van der Waals surface area (Å²) in [6.07, 6.45) is 1.45. The van der Waals surface area contributed by atoms with Crippen LogP contribution in [0.1, 0.15) is 11.4 Å². The maximum atomic E-state index is 8.92. The van der Waals surface area contributed by atoms with Crippen molar-refractivity contribution in [3.05, 3.63) is 46.3 Å². The SMILES string of the molecule is Cc1ncc(C#N)c(Oc2cccc(Br)c2)n1. The second-order valence-electron chi connectivity index (χ2n) is 3.31. The van der Waals surface area contributed by atoms with Crippen LogP contribution in [0.15, 0.2) is 34.9 Å². The Kier molecular flexibility index (Phi) is 3.35. The quantitative estimate of drug-likeness (QED) is 0.852. The van der Waals surface area contributed by atoms with Gasteiger partial charge in [-0.15, -0.1) is 0 Å². The van der Waals surface area contributed by atoms with Gasteiger partial charge in [-0.05, 0) is 25.1 Å². The maximum Gasteiger partial charge on any atom is 0.240 e. The summed E-state index contributed by atoms with van der Waals surface area (Å²) < 4.78 is 6.46. The van der Waals surface area contributed by atoms with Gasteiger partial charge in [0.15, 0.2) is 0 Å². The predicted molar refractivity (Wildman–Crippen MR) is 65.7 cm³/mol. The molecule has 0 atom stereocenters. The first-order valence-electron chi connectivity index (χ1n) is 4.86. The average molecular weight is 290 g/mol. The summed E-state index contributed by atoms with van der Waals surface area (Å²) in [5.41, 5.74) is 0.315. The van der Waals surface area contributed by atoms with Gasteiger partial charge >= 0.3 is 0 Å². The summed E-state index contributed by atoms with van der Waals surface area (Å²) in [6.45, 7) is 1.74.